The summed E-state index contributed by atoms with van der Waals surface area (Å²) in [6.07, 6.45) is 3.16. The van der Waals surface area contributed by atoms with Crippen molar-refractivity contribution in [1.29, 1.82) is 0 Å². The van der Waals surface area contributed by atoms with Crippen LogP contribution in [-0.4, -0.2) is 34.4 Å². The second kappa shape index (κ2) is 5.81. The molecule has 5 heteroatoms. The van der Waals surface area contributed by atoms with Crippen molar-refractivity contribution in [3.8, 4) is 5.75 Å². The number of hydrogen-bond acceptors (Lipinski definition) is 2. The van der Waals surface area contributed by atoms with E-state index in [9.17, 15) is 9.90 Å². The van der Waals surface area contributed by atoms with Crippen LogP contribution in [0, 0.1) is 0 Å². The van der Waals surface area contributed by atoms with Gasteiger partial charge in [-0.15, -0.1) is 11.6 Å². The normalized spacial score (nSPS) is 15.2. The Morgan fingerprint density at radius 2 is 2.17 bits per heavy atom. The summed E-state index contributed by atoms with van der Waals surface area (Å²) in [6, 6.07) is 4.80. The van der Waals surface area contributed by atoms with Crippen molar-refractivity contribution in [3.05, 3.63) is 28.8 Å². The molecule has 0 spiro atoms. The molecule has 3 nitrogen and oxygen atoms in total. The van der Waals surface area contributed by atoms with Crippen molar-refractivity contribution in [2.24, 2.45) is 0 Å². The third-order valence-electron chi connectivity index (χ3n) is 3.29. The van der Waals surface area contributed by atoms with Crippen LogP contribution in [0.3, 0.4) is 0 Å². The predicted octanol–water partition coefficient (Wildman–Crippen LogP) is 3.28. The Morgan fingerprint density at radius 3 is 2.67 bits per heavy atom. The lowest BCUT2D eigenvalue weighted by molar-refractivity contribution is 0.0595. The van der Waals surface area contributed by atoms with E-state index in [4.69, 9.17) is 23.2 Å². The monoisotopic (exact) mass is 287 g/mol. The molecule has 1 N–H and O–H groups in total. The van der Waals surface area contributed by atoms with E-state index in [-0.39, 0.29) is 23.3 Å². The van der Waals surface area contributed by atoms with Gasteiger partial charge in [0.1, 0.15) is 5.75 Å². The Labute approximate surface area is 116 Å². The maximum Gasteiger partial charge on any atom is 0.257 e. The second-order valence-corrected chi connectivity index (χ2v) is 5.25. The van der Waals surface area contributed by atoms with Crippen LogP contribution in [0.2, 0.25) is 5.02 Å². The maximum atomic E-state index is 12.4. The summed E-state index contributed by atoms with van der Waals surface area (Å²) in [4.78, 5) is 14.1. The number of rotatable bonds is 4. The number of carbonyl (C=O) groups excluding carboxylic acids is 1. The maximum absolute atomic E-state index is 12.4. The molecule has 1 saturated carbocycles. The lowest BCUT2D eigenvalue weighted by atomic mass is 9.91. The minimum absolute atomic E-state index is 0.0774. The van der Waals surface area contributed by atoms with Gasteiger partial charge in [0.25, 0.3) is 5.91 Å². The van der Waals surface area contributed by atoms with Gasteiger partial charge in [0, 0.05) is 23.5 Å². The van der Waals surface area contributed by atoms with E-state index in [1.807, 2.05) is 0 Å². The molecule has 0 atom stereocenters. The molecule has 0 aliphatic heterocycles. The molecule has 0 bridgehead atoms. The number of hydrogen-bond donors (Lipinski definition) is 1. The van der Waals surface area contributed by atoms with E-state index < -0.39 is 0 Å². The molecule has 2 rings (SSSR count). The van der Waals surface area contributed by atoms with Crippen LogP contribution in [0.15, 0.2) is 18.2 Å². The van der Waals surface area contributed by atoms with Crippen molar-refractivity contribution in [1.82, 2.24) is 4.90 Å². The van der Waals surface area contributed by atoms with Crippen molar-refractivity contribution < 1.29 is 9.90 Å². The van der Waals surface area contributed by atoms with Crippen LogP contribution in [-0.2, 0) is 0 Å². The number of phenols is 1. The minimum Gasteiger partial charge on any atom is -0.507 e. The first kappa shape index (κ1) is 13.5. The van der Waals surface area contributed by atoms with Gasteiger partial charge in [0.2, 0.25) is 0 Å². The van der Waals surface area contributed by atoms with Crippen LogP contribution < -0.4 is 0 Å². The zero-order chi connectivity index (χ0) is 13.1. The number of carbonyl (C=O) groups is 1. The number of benzene rings is 1. The smallest absolute Gasteiger partial charge is 0.257 e. The fraction of sp³-hybridized carbons (Fsp3) is 0.462. The predicted molar refractivity (Wildman–Crippen MR) is 72.5 cm³/mol. The standard InChI is InChI=1S/C13H15Cl2NO2/c14-6-7-16(10-2-1-3-10)13(18)11-5-4-9(15)8-12(11)17/h4-5,8,10,17H,1-3,6-7H2. The zero-order valence-corrected chi connectivity index (χ0v) is 11.4. The van der Waals surface area contributed by atoms with Gasteiger partial charge in [0.05, 0.1) is 5.56 Å². The molecule has 1 aliphatic carbocycles. The number of aromatic hydroxyl groups is 1. The van der Waals surface area contributed by atoms with Crippen LogP contribution >= 0.6 is 23.2 Å². The van der Waals surface area contributed by atoms with Crippen LogP contribution in [0.1, 0.15) is 29.6 Å². The summed E-state index contributed by atoms with van der Waals surface area (Å²) in [5, 5.41) is 10.2. The van der Waals surface area contributed by atoms with Gasteiger partial charge in [-0.25, -0.2) is 0 Å². The molecular weight excluding hydrogens is 273 g/mol. The van der Waals surface area contributed by atoms with Crippen molar-refractivity contribution in [3.63, 3.8) is 0 Å². The molecule has 1 aromatic rings. The summed E-state index contributed by atoms with van der Waals surface area (Å²) in [6.45, 7) is 0.507. The Bertz CT molecular complexity index is 447. The lowest BCUT2D eigenvalue weighted by Crippen LogP contribution is -2.45. The van der Waals surface area contributed by atoms with E-state index in [2.05, 4.69) is 0 Å². The highest BCUT2D eigenvalue weighted by Crippen LogP contribution is 2.29. The largest absolute Gasteiger partial charge is 0.507 e. The van der Waals surface area contributed by atoms with E-state index in [0.717, 1.165) is 19.3 Å². The summed E-state index contributed by atoms with van der Waals surface area (Å²) in [5.41, 5.74) is 0.288. The highest BCUT2D eigenvalue weighted by Gasteiger charge is 2.30. The quantitative estimate of drug-likeness (QED) is 0.864. The second-order valence-electron chi connectivity index (χ2n) is 4.43. The number of nitrogens with zero attached hydrogens (tertiary/aromatic N) is 1. The molecule has 1 aliphatic rings. The number of alkyl halides is 1. The molecule has 18 heavy (non-hydrogen) atoms. The molecule has 1 fully saturated rings. The van der Waals surface area contributed by atoms with E-state index in [1.165, 1.54) is 6.07 Å². The Kier molecular flexibility index (Phi) is 4.36. The van der Waals surface area contributed by atoms with Gasteiger partial charge in [-0.1, -0.05) is 11.6 Å². The molecule has 0 saturated heterocycles. The van der Waals surface area contributed by atoms with Crippen LogP contribution in [0.25, 0.3) is 0 Å². The molecular formula is C13H15Cl2NO2. The molecule has 0 radical (unpaired) electrons. The van der Waals surface area contributed by atoms with Crippen molar-refractivity contribution in [2.45, 2.75) is 25.3 Å². The Morgan fingerprint density at radius 1 is 1.44 bits per heavy atom. The Balaban J connectivity index is 2.21. The van der Waals surface area contributed by atoms with E-state index in [0.29, 0.717) is 17.4 Å². The molecule has 98 valence electrons. The Hall–Kier alpha value is -0.930. The highest BCUT2D eigenvalue weighted by atomic mass is 35.5. The molecule has 1 amide bonds. The van der Waals surface area contributed by atoms with Gasteiger partial charge in [-0.05, 0) is 37.5 Å². The zero-order valence-electron chi connectivity index (χ0n) is 9.90. The first-order chi connectivity index (χ1) is 8.63. The highest BCUT2D eigenvalue weighted by molar-refractivity contribution is 6.30. The fourth-order valence-electron chi connectivity index (χ4n) is 2.08. The number of phenolic OH excluding ortho intramolecular Hbond substituents is 1. The average Bonchev–Trinajstić information content (AvgIpc) is 2.25. The first-order valence-electron chi connectivity index (χ1n) is 5.99. The SMILES string of the molecule is O=C(c1ccc(Cl)cc1O)N(CCCl)C1CCC1. The van der Waals surface area contributed by atoms with E-state index in [1.54, 1.807) is 17.0 Å². The summed E-state index contributed by atoms with van der Waals surface area (Å²) < 4.78 is 0. The van der Waals surface area contributed by atoms with Gasteiger partial charge in [0.15, 0.2) is 0 Å². The van der Waals surface area contributed by atoms with Gasteiger partial charge >= 0.3 is 0 Å². The summed E-state index contributed by atoms with van der Waals surface area (Å²) in [5.74, 6) is 0.150. The number of amides is 1. The van der Waals surface area contributed by atoms with E-state index >= 15 is 0 Å². The summed E-state index contributed by atoms with van der Waals surface area (Å²) in [7, 11) is 0. The minimum atomic E-state index is -0.172. The summed E-state index contributed by atoms with van der Waals surface area (Å²) >= 11 is 11.5. The van der Waals surface area contributed by atoms with Crippen molar-refractivity contribution >= 4 is 29.1 Å². The number of halogens is 2. The average molecular weight is 288 g/mol. The third kappa shape index (κ3) is 2.73. The molecule has 0 unspecified atom stereocenters. The topological polar surface area (TPSA) is 40.5 Å². The van der Waals surface area contributed by atoms with Gasteiger partial charge in [-0.2, -0.15) is 0 Å². The van der Waals surface area contributed by atoms with Gasteiger partial charge < -0.3 is 10.0 Å². The van der Waals surface area contributed by atoms with Gasteiger partial charge in [-0.3, -0.25) is 4.79 Å². The van der Waals surface area contributed by atoms with Crippen molar-refractivity contribution in [2.75, 3.05) is 12.4 Å². The van der Waals surface area contributed by atoms with Crippen LogP contribution in [0.5, 0.6) is 5.75 Å². The third-order valence-corrected chi connectivity index (χ3v) is 3.70. The molecule has 1 aromatic carbocycles. The lowest BCUT2D eigenvalue weighted by Gasteiger charge is -2.37. The first-order valence-corrected chi connectivity index (χ1v) is 6.90. The fourth-order valence-corrected chi connectivity index (χ4v) is 2.43. The molecule has 0 heterocycles. The van der Waals surface area contributed by atoms with Crippen LogP contribution in [0.4, 0.5) is 0 Å². The molecule has 0 aromatic heterocycles.